The van der Waals surface area contributed by atoms with E-state index in [2.05, 4.69) is 24.1 Å². The molecule has 2 aromatic rings. The van der Waals surface area contributed by atoms with Crippen molar-refractivity contribution in [2.45, 2.75) is 66.9 Å². The highest BCUT2D eigenvalue weighted by Gasteiger charge is 2.24. The van der Waals surface area contributed by atoms with Crippen LogP contribution in [0, 0.1) is 19.8 Å². The number of alkyl carbamates (subject to hydrolysis) is 1. The Morgan fingerprint density at radius 1 is 1.13 bits per heavy atom. The number of nitrogens with zero attached hydrogens (tertiary/aromatic N) is 1. The van der Waals surface area contributed by atoms with E-state index in [1.165, 1.54) is 0 Å². The van der Waals surface area contributed by atoms with Crippen LogP contribution >= 0.6 is 0 Å². The average Bonchev–Trinajstić information content (AvgIpc) is 2.61. The molecular formula is C25H34N2O4. The van der Waals surface area contributed by atoms with E-state index in [0.717, 1.165) is 28.8 Å². The lowest BCUT2D eigenvalue weighted by molar-refractivity contribution is 0.0527. The highest BCUT2D eigenvalue weighted by molar-refractivity contribution is 5.98. The Kier molecular flexibility index (Phi) is 7.82. The molecule has 0 radical (unpaired) electrons. The second-order valence-corrected chi connectivity index (χ2v) is 9.32. The van der Waals surface area contributed by atoms with Gasteiger partial charge in [-0.1, -0.05) is 43.7 Å². The van der Waals surface area contributed by atoms with E-state index >= 15 is 0 Å². The Labute approximate surface area is 185 Å². The molecule has 0 aliphatic carbocycles. The molecule has 0 unspecified atom stereocenters. The molecule has 0 saturated heterocycles. The maximum atomic E-state index is 12.2. The van der Waals surface area contributed by atoms with Crippen molar-refractivity contribution in [3.63, 3.8) is 0 Å². The Morgan fingerprint density at radius 2 is 1.74 bits per heavy atom. The summed E-state index contributed by atoms with van der Waals surface area (Å²) in [5, 5.41) is 12.8. The van der Waals surface area contributed by atoms with Crippen molar-refractivity contribution in [2.75, 3.05) is 6.54 Å². The molecule has 6 nitrogen and oxygen atoms in total. The SMILES string of the molecule is Cc1ccc(-c2c(CCNC(=O)OC(C)(C)C)c(CC(C)C)nc(C)c2C(=O)O)cc1. The summed E-state index contributed by atoms with van der Waals surface area (Å²) in [6.07, 6.45) is 0.688. The zero-order chi connectivity index (χ0) is 23.3. The highest BCUT2D eigenvalue weighted by Crippen LogP contribution is 2.33. The predicted octanol–water partition coefficient (Wildman–Crippen LogP) is 5.33. The molecule has 1 aromatic carbocycles. The maximum Gasteiger partial charge on any atom is 0.407 e. The molecule has 0 saturated carbocycles. The van der Waals surface area contributed by atoms with Gasteiger partial charge in [-0.05, 0) is 64.5 Å². The number of hydrogen-bond acceptors (Lipinski definition) is 4. The first kappa shape index (κ1) is 24.4. The standard InChI is InChI=1S/C25H34N2O4/c1-15(2)14-20-19(12-13-26-24(30)31-25(5,6)7)22(18-10-8-16(3)9-11-18)21(23(28)29)17(4)27-20/h8-11,15H,12-14H2,1-7H3,(H,26,30)(H,28,29). The van der Waals surface area contributed by atoms with Gasteiger partial charge in [0, 0.05) is 17.8 Å². The van der Waals surface area contributed by atoms with Gasteiger partial charge in [-0.15, -0.1) is 0 Å². The van der Waals surface area contributed by atoms with Gasteiger partial charge < -0.3 is 15.2 Å². The smallest absolute Gasteiger partial charge is 0.407 e. The summed E-state index contributed by atoms with van der Waals surface area (Å²) in [6, 6.07) is 7.84. The van der Waals surface area contributed by atoms with Gasteiger partial charge in [0.2, 0.25) is 0 Å². The quantitative estimate of drug-likeness (QED) is 0.625. The van der Waals surface area contributed by atoms with Gasteiger partial charge in [0.15, 0.2) is 0 Å². The summed E-state index contributed by atoms with van der Waals surface area (Å²) >= 11 is 0. The molecule has 0 spiro atoms. The molecule has 6 heteroatoms. The fraction of sp³-hybridized carbons (Fsp3) is 0.480. The van der Waals surface area contributed by atoms with E-state index in [-0.39, 0.29) is 5.56 Å². The van der Waals surface area contributed by atoms with Crippen LogP contribution in [0.2, 0.25) is 0 Å². The predicted molar refractivity (Wildman–Crippen MR) is 123 cm³/mol. The molecule has 31 heavy (non-hydrogen) atoms. The first-order chi connectivity index (χ1) is 14.4. The molecule has 1 heterocycles. The van der Waals surface area contributed by atoms with Crippen molar-refractivity contribution < 1.29 is 19.4 Å². The summed E-state index contributed by atoms with van der Waals surface area (Å²) in [4.78, 5) is 28.9. The van der Waals surface area contributed by atoms with Gasteiger partial charge in [0.1, 0.15) is 5.60 Å². The monoisotopic (exact) mass is 426 g/mol. The van der Waals surface area contributed by atoms with Crippen molar-refractivity contribution in [1.29, 1.82) is 0 Å². The van der Waals surface area contributed by atoms with Crippen LogP contribution < -0.4 is 5.32 Å². The van der Waals surface area contributed by atoms with Crippen molar-refractivity contribution in [3.05, 3.63) is 52.3 Å². The van der Waals surface area contributed by atoms with Crippen LogP contribution in [0.25, 0.3) is 11.1 Å². The second kappa shape index (κ2) is 9.94. The van der Waals surface area contributed by atoms with E-state index in [1.807, 2.05) is 52.0 Å². The molecule has 168 valence electrons. The van der Waals surface area contributed by atoms with Crippen molar-refractivity contribution in [3.8, 4) is 11.1 Å². The van der Waals surface area contributed by atoms with E-state index < -0.39 is 17.7 Å². The third-order valence-corrected chi connectivity index (χ3v) is 4.76. The van der Waals surface area contributed by atoms with Gasteiger partial charge in [0.05, 0.1) is 11.3 Å². The molecule has 0 aliphatic heterocycles. The Bertz CT molecular complexity index is 941. The molecule has 1 amide bonds. The second-order valence-electron chi connectivity index (χ2n) is 9.32. The first-order valence-electron chi connectivity index (χ1n) is 10.7. The summed E-state index contributed by atoms with van der Waals surface area (Å²) in [6.45, 7) is 13.7. The molecule has 0 fully saturated rings. The van der Waals surface area contributed by atoms with E-state index in [4.69, 9.17) is 4.74 Å². The van der Waals surface area contributed by atoms with Crippen LogP contribution in [0.4, 0.5) is 4.79 Å². The number of rotatable bonds is 7. The number of aryl methyl sites for hydroxylation is 2. The summed E-state index contributed by atoms with van der Waals surface area (Å²) in [5.74, 6) is -0.649. The minimum Gasteiger partial charge on any atom is -0.478 e. The first-order valence-corrected chi connectivity index (χ1v) is 10.7. The number of pyridine rings is 1. The normalized spacial score (nSPS) is 11.5. The van der Waals surface area contributed by atoms with Gasteiger partial charge in [-0.25, -0.2) is 9.59 Å². The molecule has 0 bridgehead atoms. The number of aromatic carboxylic acids is 1. The fourth-order valence-electron chi connectivity index (χ4n) is 3.53. The largest absolute Gasteiger partial charge is 0.478 e. The number of hydrogen-bond donors (Lipinski definition) is 2. The number of nitrogens with one attached hydrogen (secondary N) is 1. The van der Waals surface area contributed by atoms with Crippen LogP contribution in [-0.2, 0) is 17.6 Å². The molecule has 0 aliphatic rings. The number of carbonyl (C=O) groups excluding carboxylic acids is 1. The Hall–Kier alpha value is -2.89. The topological polar surface area (TPSA) is 88.5 Å². The number of carboxylic acids is 1. The molecular weight excluding hydrogens is 392 g/mol. The van der Waals surface area contributed by atoms with Gasteiger partial charge in [-0.3, -0.25) is 4.98 Å². The Balaban J connectivity index is 2.53. The van der Waals surface area contributed by atoms with Crippen molar-refractivity contribution >= 4 is 12.1 Å². The minimum atomic E-state index is -1.00. The fourth-order valence-corrected chi connectivity index (χ4v) is 3.53. The van der Waals surface area contributed by atoms with E-state index in [0.29, 0.717) is 30.1 Å². The zero-order valence-electron chi connectivity index (χ0n) is 19.6. The number of amides is 1. The van der Waals surface area contributed by atoms with Crippen LogP contribution in [0.1, 0.15) is 67.5 Å². The van der Waals surface area contributed by atoms with Crippen LogP contribution in [0.5, 0.6) is 0 Å². The number of ether oxygens (including phenoxy) is 1. The molecule has 2 rings (SSSR count). The van der Waals surface area contributed by atoms with Crippen molar-refractivity contribution in [1.82, 2.24) is 10.3 Å². The number of carboxylic acid groups (broad SMARTS) is 1. The lowest BCUT2D eigenvalue weighted by Gasteiger charge is -2.22. The zero-order valence-corrected chi connectivity index (χ0v) is 19.6. The van der Waals surface area contributed by atoms with Crippen LogP contribution in [0.15, 0.2) is 24.3 Å². The molecule has 2 N–H and O–H groups in total. The average molecular weight is 427 g/mol. The number of carbonyl (C=O) groups is 2. The lowest BCUT2D eigenvalue weighted by atomic mass is 9.88. The van der Waals surface area contributed by atoms with Gasteiger partial charge in [0.25, 0.3) is 0 Å². The molecule has 0 atom stereocenters. The van der Waals surface area contributed by atoms with Crippen molar-refractivity contribution in [2.24, 2.45) is 5.92 Å². The summed E-state index contributed by atoms with van der Waals surface area (Å²) < 4.78 is 5.32. The third kappa shape index (κ3) is 6.81. The molecule has 1 aromatic heterocycles. The minimum absolute atomic E-state index is 0.212. The third-order valence-electron chi connectivity index (χ3n) is 4.76. The van der Waals surface area contributed by atoms with E-state index in [9.17, 15) is 14.7 Å². The van der Waals surface area contributed by atoms with E-state index in [1.54, 1.807) is 6.92 Å². The van der Waals surface area contributed by atoms with Gasteiger partial charge >= 0.3 is 12.1 Å². The Morgan fingerprint density at radius 3 is 2.26 bits per heavy atom. The maximum absolute atomic E-state index is 12.2. The summed E-state index contributed by atoms with van der Waals surface area (Å²) in [5.41, 5.74) is 4.48. The van der Waals surface area contributed by atoms with Gasteiger partial charge in [-0.2, -0.15) is 0 Å². The highest BCUT2D eigenvalue weighted by atomic mass is 16.6. The lowest BCUT2D eigenvalue weighted by Crippen LogP contribution is -2.33. The summed E-state index contributed by atoms with van der Waals surface area (Å²) in [7, 11) is 0. The number of aromatic nitrogens is 1. The van der Waals surface area contributed by atoms with Crippen LogP contribution in [0.3, 0.4) is 0 Å². The van der Waals surface area contributed by atoms with Crippen LogP contribution in [-0.4, -0.2) is 34.3 Å². The number of benzene rings is 1.